The van der Waals surface area contributed by atoms with Crippen molar-refractivity contribution in [3.8, 4) is 0 Å². The van der Waals surface area contributed by atoms with Crippen LogP contribution in [0.5, 0.6) is 0 Å². The molecule has 0 aliphatic heterocycles. The van der Waals surface area contributed by atoms with Crippen LogP contribution in [0.15, 0.2) is 30.6 Å². The molecular weight excluding hydrogens is 310 g/mol. The largest absolute Gasteiger partial charge is 0.338 e. The van der Waals surface area contributed by atoms with Gasteiger partial charge in [0.1, 0.15) is 10.3 Å². The zero-order valence-electron chi connectivity index (χ0n) is 12.1. The highest BCUT2D eigenvalue weighted by Gasteiger charge is 2.15. The van der Waals surface area contributed by atoms with Crippen LogP contribution in [-0.4, -0.2) is 29.8 Å². The highest BCUT2D eigenvalue weighted by atomic mass is 32.1. The van der Waals surface area contributed by atoms with Crippen LogP contribution in [-0.2, 0) is 0 Å². The van der Waals surface area contributed by atoms with Crippen LogP contribution in [0.25, 0.3) is 32.0 Å². The summed E-state index contributed by atoms with van der Waals surface area (Å²) < 4.78 is 4.40. The maximum absolute atomic E-state index is 4.70. The Morgan fingerprint density at radius 3 is 3.17 bits per heavy atom. The molecule has 0 aliphatic carbocycles. The lowest BCUT2D eigenvalue weighted by Gasteiger charge is -2.07. The van der Waals surface area contributed by atoms with E-state index in [2.05, 4.69) is 30.1 Å². The Labute approximate surface area is 133 Å². The predicted molar refractivity (Wildman–Crippen MR) is 91.2 cm³/mol. The first-order chi connectivity index (χ1) is 11.3. The molecule has 0 atom stereocenters. The van der Waals surface area contributed by atoms with Gasteiger partial charge in [-0.2, -0.15) is 14.6 Å². The van der Waals surface area contributed by atoms with Gasteiger partial charge in [0.2, 0.25) is 0 Å². The molecule has 5 aromatic rings. The number of aryl methyl sites for hydroxylation is 1. The third-order valence-electron chi connectivity index (χ3n) is 3.90. The monoisotopic (exact) mass is 321 g/mol. The Kier molecular flexibility index (Phi) is 2.45. The van der Waals surface area contributed by atoms with E-state index in [1.165, 1.54) is 11.5 Å². The van der Waals surface area contributed by atoms with Gasteiger partial charge < -0.3 is 5.32 Å². The van der Waals surface area contributed by atoms with E-state index in [0.717, 1.165) is 49.2 Å². The molecule has 8 heteroatoms. The first-order valence-corrected chi connectivity index (χ1v) is 7.86. The summed E-state index contributed by atoms with van der Waals surface area (Å²) in [5.74, 6) is 0.719. The number of anilines is 2. The number of pyridine rings is 1. The van der Waals surface area contributed by atoms with E-state index in [0.29, 0.717) is 0 Å². The molecule has 0 saturated heterocycles. The van der Waals surface area contributed by atoms with Crippen molar-refractivity contribution in [1.82, 2.24) is 29.8 Å². The Morgan fingerprint density at radius 2 is 2.22 bits per heavy atom. The molecule has 23 heavy (non-hydrogen) atoms. The summed E-state index contributed by atoms with van der Waals surface area (Å²) in [6.45, 7) is 1.99. The normalized spacial score (nSPS) is 11.7. The fourth-order valence-electron chi connectivity index (χ4n) is 2.80. The summed E-state index contributed by atoms with van der Waals surface area (Å²) in [4.78, 5) is 5.60. The minimum absolute atomic E-state index is 0.719. The van der Waals surface area contributed by atoms with E-state index < -0.39 is 0 Å². The molecule has 0 amide bonds. The molecule has 0 bridgehead atoms. The standard InChI is InChI=1S/C15H11N7S/c1-7-12-10-6-17-21-13(10)14(19-15(12)23-22-7)18-9-3-2-8-5-16-20-11(8)4-9/h2-6H,1H3,(H,16,20)(H,17,21)(H,18,19). The summed E-state index contributed by atoms with van der Waals surface area (Å²) >= 11 is 1.40. The molecule has 0 radical (unpaired) electrons. The van der Waals surface area contributed by atoms with Crippen LogP contribution in [0, 0.1) is 6.92 Å². The van der Waals surface area contributed by atoms with Gasteiger partial charge in [-0.05, 0) is 36.7 Å². The number of benzene rings is 1. The van der Waals surface area contributed by atoms with Crippen molar-refractivity contribution in [2.24, 2.45) is 0 Å². The Bertz CT molecular complexity index is 1170. The predicted octanol–water partition coefficient (Wildman–Crippen LogP) is 3.50. The van der Waals surface area contributed by atoms with Gasteiger partial charge in [-0.25, -0.2) is 4.98 Å². The number of aromatic amines is 2. The number of H-pyrrole nitrogens is 2. The van der Waals surface area contributed by atoms with Crippen molar-refractivity contribution in [3.63, 3.8) is 0 Å². The van der Waals surface area contributed by atoms with Crippen LogP contribution in [0.2, 0.25) is 0 Å². The average molecular weight is 321 g/mol. The zero-order chi connectivity index (χ0) is 15.4. The first-order valence-electron chi connectivity index (χ1n) is 7.09. The molecule has 1 aromatic carbocycles. The number of hydrogen-bond acceptors (Lipinski definition) is 6. The van der Waals surface area contributed by atoms with Gasteiger partial charge in [0.15, 0.2) is 5.82 Å². The Balaban J connectivity index is 1.70. The molecule has 0 aliphatic rings. The van der Waals surface area contributed by atoms with Crippen LogP contribution in [0.4, 0.5) is 11.5 Å². The van der Waals surface area contributed by atoms with Crippen molar-refractivity contribution in [2.75, 3.05) is 5.32 Å². The number of fused-ring (bicyclic) bond motifs is 4. The molecule has 3 N–H and O–H groups in total. The molecule has 0 unspecified atom stereocenters. The maximum Gasteiger partial charge on any atom is 0.160 e. The maximum atomic E-state index is 4.70. The number of hydrogen-bond donors (Lipinski definition) is 3. The smallest absolute Gasteiger partial charge is 0.160 e. The van der Waals surface area contributed by atoms with E-state index in [4.69, 9.17) is 4.98 Å². The SMILES string of the molecule is Cc1nsc2nc(Nc3ccc4cn[nH]c4c3)c3n[nH]cc3c12. The zero-order valence-corrected chi connectivity index (χ0v) is 12.9. The summed E-state index contributed by atoms with van der Waals surface area (Å²) in [6, 6.07) is 6.02. The summed E-state index contributed by atoms with van der Waals surface area (Å²) in [6.07, 6.45) is 3.69. The van der Waals surface area contributed by atoms with Crippen molar-refractivity contribution in [2.45, 2.75) is 6.92 Å². The molecule has 0 fully saturated rings. The second-order valence-electron chi connectivity index (χ2n) is 5.35. The minimum atomic E-state index is 0.719. The lowest BCUT2D eigenvalue weighted by molar-refractivity contribution is 1.12. The highest BCUT2D eigenvalue weighted by molar-refractivity contribution is 7.13. The van der Waals surface area contributed by atoms with Gasteiger partial charge >= 0.3 is 0 Å². The Morgan fingerprint density at radius 1 is 1.26 bits per heavy atom. The van der Waals surface area contributed by atoms with Gasteiger partial charge in [0, 0.05) is 28.0 Å². The topological polar surface area (TPSA) is 95.2 Å². The summed E-state index contributed by atoms with van der Waals surface area (Å²) in [5.41, 5.74) is 3.70. The number of aromatic nitrogens is 6. The van der Waals surface area contributed by atoms with Crippen LogP contribution in [0.1, 0.15) is 5.69 Å². The van der Waals surface area contributed by atoms with Crippen LogP contribution in [0.3, 0.4) is 0 Å². The lowest BCUT2D eigenvalue weighted by atomic mass is 10.2. The van der Waals surface area contributed by atoms with Gasteiger partial charge in [-0.3, -0.25) is 10.2 Å². The number of rotatable bonds is 2. The molecular formula is C15H11N7S. The van der Waals surface area contributed by atoms with Crippen molar-refractivity contribution in [3.05, 3.63) is 36.3 Å². The third kappa shape index (κ3) is 1.82. The third-order valence-corrected chi connectivity index (χ3v) is 4.73. The van der Waals surface area contributed by atoms with Crippen molar-refractivity contribution >= 4 is 55.1 Å². The second-order valence-corrected chi connectivity index (χ2v) is 6.10. The lowest BCUT2D eigenvalue weighted by Crippen LogP contribution is -1.95. The molecule has 4 heterocycles. The van der Waals surface area contributed by atoms with Gasteiger partial charge in [-0.1, -0.05) is 0 Å². The minimum Gasteiger partial charge on any atom is -0.338 e. The number of nitrogens with zero attached hydrogens (tertiary/aromatic N) is 4. The van der Waals surface area contributed by atoms with Crippen LogP contribution < -0.4 is 5.32 Å². The molecule has 112 valence electrons. The molecule has 5 rings (SSSR count). The van der Waals surface area contributed by atoms with E-state index in [-0.39, 0.29) is 0 Å². The number of nitrogens with one attached hydrogen (secondary N) is 3. The highest BCUT2D eigenvalue weighted by Crippen LogP contribution is 2.33. The van der Waals surface area contributed by atoms with Gasteiger partial charge in [0.05, 0.1) is 17.4 Å². The quantitative estimate of drug-likeness (QED) is 0.462. The van der Waals surface area contributed by atoms with Crippen LogP contribution >= 0.6 is 11.5 Å². The van der Waals surface area contributed by atoms with E-state index in [1.54, 1.807) is 6.20 Å². The van der Waals surface area contributed by atoms with E-state index in [1.807, 2.05) is 31.3 Å². The van der Waals surface area contributed by atoms with Crippen molar-refractivity contribution in [1.29, 1.82) is 0 Å². The summed E-state index contributed by atoms with van der Waals surface area (Å²) in [5, 5.41) is 20.8. The van der Waals surface area contributed by atoms with E-state index in [9.17, 15) is 0 Å². The molecule has 0 saturated carbocycles. The molecule has 7 nitrogen and oxygen atoms in total. The fraction of sp³-hybridized carbons (Fsp3) is 0.0667. The Hall–Kier alpha value is -3.00. The summed E-state index contributed by atoms with van der Waals surface area (Å²) in [7, 11) is 0. The molecule has 0 spiro atoms. The van der Waals surface area contributed by atoms with Gasteiger partial charge in [0.25, 0.3) is 0 Å². The van der Waals surface area contributed by atoms with E-state index >= 15 is 0 Å². The fourth-order valence-corrected chi connectivity index (χ4v) is 3.59. The van der Waals surface area contributed by atoms with Crippen molar-refractivity contribution < 1.29 is 0 Å². The van der Waals surface area contributed by atoms with Gasteiger partial charge in [-0.15, -0.1) is 0 Å². The first kappa shape index (κ1) is 12.5. The average Bonchev–Trinajstić information content (AvgIpc) is 3.26. The second kappa shape index (κ2) is 4.50. The molecule has 4 aromatic heterocycles.